The summed E-state index contributed by atoms with van der Waals surface area (Å²) in [6.07, 6.45) is 2.29. The maximum atomic E-state index is 13.3. The maximum absolute atomic E-state index is 13.3. The first-order chi connectivity index (χ1) is 10.8. The minimum atomic E-state index is -0.189. The molecule has 2 aliphatic heterocycles. The number of fused-ring (bicyclic) bond motifs is 1. The molecule has 0 amide bonds. The van der Waals surface area contributed by atoms with Crippen molar-refractivity contribution in [2.45, 2.75) is 18.9 Å². The average molecular weight is 321 g/mol. The molecule has 4 rings (SSSR count). The summed E-state index contributed by atoms with van der Waals surface area (Å²) in [6, 6.07) is 5.42. The SMILES string of the molecule is Fc1ccc2nc(N3CCCN(C4CCOC4)CC3)sc2c1. The summed E-state index contributed by atoms with van der Waals surface area (Å²) in [5.74, 6) is -0.189. The molecule has 0 aliphatic carbocycles. The number of thiazole rings is 1. The number of anilines is 1. The van der Waals surface area contributed by atoms with Crippen LogP contribution in [0.25, 0.3) is 10.2 Å². The molecular formula is C16H20FN3OS. The number of benzene rings is 1. The van der Waals surface area contributed by atoms with Crippen LogP contribution in [-0.2, 0) is 4.74 Å². The highest BCUT2D eigenvalue weighted by molar-refractivity contribution is 7.22. The number of hydrogen-bond acceptors (Lipinski definition) is 5. The fraction of sp³-hybridized carbons (Fsp3) is 0.562. The molecule has 0 radical (unpaired) electrons. The monoisotopic (exact) mass is 321 g/mol. The second kappa shape index (κ2) is 6.10. The largest absolute Gasteiger partial charge is 0.380 e. The quantitative estimate of drug-likeness (QED) is 0.850. The first kappa shape index (κ1) is 14.4. The van der Waals surface area contributed by atoms with Gasteiger partial charge in [-0.2, -0.15) is 0 Å². The molecule has 6 heteroatoms. The van der Waals surface area contributed by atoms with Gasteiger partial charge in [-0.15, -0.1) is 0 Å². The van der Waals surface area contributed by atoms with Crippen molar-refractivity contribution in [3.63, 3.8) is 0 Å². The number of hydrogen-bond donors (Lipinski definition) is 0. The molecule has 22 heavy (non-hydrogen) atoms. The summed E-state index contributed by atoms with van der Waals surface area (Å²) in [5.41, 5.74) is 0.895. The molecule has 2 fully saturated rings. The van der Waals surface area contributed by atoms with Crippen molar-refractivity contribution in [1.82, 2.24) is 9.88 Å². The number of ether oxygens (including phenoxy) is 1. The Labute approximate surface area is 133 Å². The van der Waals surface area contributed by atoms with E-state index in [0.29, 0.717) is 6.04 Å². The van der Waals surface area contributed by atoms with Crippen LogP contribution < -0.4 is 4.90 Å². The molecule has 1 aromatic carbocycles. The first-order valence-corrected chi connectivity index (χ1v) is 8.74. The molecule has 0 N–H and O–H groups in total. The van der Waals surface area contributed by atoms with Gasteiger partial charge in [0.05, 0.1) is 16.8 Å². The molecule has 1 atom stereocenters. The van der Waals surface area contributed by atoms with Crippen LogP contribution >= 0.6 is 11.3 Å². The number of aromatic nitrogens is 1. The topological polar surface area (TPSA) is 28.6 Å². The zero-order valence-electron chi connectivity index (χ0n) is 12.5. The van der Waals surface area contributed by atoms with Gasteiger partial charge < -0.3 is 9.64 Å². The van der Waals surface area contributed by atoms with E-state index in [9.17, 15) is 4.39 Å². The Bertz CT molecular complexity index is 656. The number of nitrogens with zero attached hydrogens (tertiary/aromatic N) is 3. The molecule has 2 aliphatic rings. The van der Waals surface area contributed by atoms with E-state index in [1.807, 2.05) is 0 Å². The lowest BCUT2D eigenvalue weighted by molar-refractivity contribution is 0.148. The highest BCUT2D eigenvalue weighted by Gasteiger charge is 2.26. The molecule has 2 aromatic rings. The van der Waals surface area contributed by atoms with Crippen LogP contribution in [0.3, 0.4) is 0 Å². The standard InChI is InChI=1S/C16H20FN3OS/c17-12-2-3-14-15(10-12)22-16(18-14)20-6-1-5-19(7-8-20)13-4-9-21-11-13/h2-3,10,13H,1,4-9,11H2. The molecule has 118 valence electrons. The Kier molecular flexibility index (Phi) is 3.98. The minimum absolute atomic E-state index is 0.189. The zero-order chi connectivity index (χ0) is 14.9. The van der Waals surface area contributed by atoms with Gasteiger partial charge in [0.2, 0.25) is 0 Å². The third-order valence-electron chi connectivity index (χ3n) is 4.56. The van der Waals surface area contributed by atoms with E-state index < -0.39 is 0 Å². The van der Waals surface area contributed by atoms with E-state index in [1.54, 1.807) is 23.5 Å². The molecule has 0 bridgehead atoms. The molecule has 3 heterocycles. The number of rotatable bonds is 2. The fourth-order valence-corrected chi connectivity index (χ4v) is 4.37. The van der Waals surface area contributed by atoms with Crippen LogP contribution in [0.2, 0.25) is 0 Å². The van der Waals surface area contributed by atoms with Crippen molar-refractivity contribution in [2.75, 3.05) is 44.3 Å². The average Bonchev–Trinajstić information content (AvgIpc) is 3.12. The first-order valence-electron chi connectivity index (χ1n) is 7.92. The van der Waals surface area contributed by atoms with E-state index in [-0.39, 0.29) is 5.82 Å². The summed E-state index contributed by atoms with van der Waals surface area (Å²) in [7, 11) is 0. The van der Waals surface area contributed by atoms with Gasteiger partial charge in [-0.05, 0) is 31.0 Å². The predicted molar refractivity (Wildman–Crippen MR) is 87.2 cm³/mol. The highest BCUT2D eigenvalue weighted by Crippen LogP contribution is 2.30. The molecule has 1 aromatic heterocycles. The van der Waals surface area contributed by atoms with E-state index in [1.165, 1.54) is 6.07 Å². The lowest BCUT2D eigenvalue weighted by Gasteiger charge is -2.26. The second-order valence-corrected chi connectivity index (χ2v) is 7.01. The highest BCUT2D eigenvalue weighted by atomic mass is 32.1. The normalized spacial score (nSPS) is 24.0. The van der Waals surface area contributed by atoms with Crippen LogP contribution in [0.15, 0.2) is 18.2 Å². The van der Waals surface area contributed by atoms with Crippen LogP contribution in [-0.4, -0.2) is 55.3 Å². The lowest BCUT2D eigenvalue weighted by atomic mass is 10.2. The van der Waals surface area contributed by atoms with Gasteiger partial charge >= 0.3 is 0 Å². The molecular weight excluding hydrogens is 301 g/mol. The van der Waals surface area contributed by atoms with E-state index >= 15 is 0 Å². The van der Waals surface area contributed by atoms with Gasteiger partial charge in [-0.3, -0.25) is 4.90 Å². The Morgan fingerprint density at radius 3 is 3.05 bits per heavy atom. The summed E-state index contributed by atoms with van der Waals surface area (Å²) in [6.45, 7) is 5.96. The third kappa shape index (κ3) is 2.83. The summed E-state index contributed by atoms with van der Waals surface area (Å²) < 4.78 is 19.8. The van der Waals surface area contributed by atoms with E-state index in [4.69, 9.17) is 4.74 Å². The summed E-state index contributed by atoms with van der Waals surface area (Å²) >= 11 is 1.59. The minimum Gasteiger partial charge on any atom is -0.380 e. The molecule has 0 saturated carbocycles. The zero-order valence-corrected chi connectivity index (χ0v) is 13.3. The second-order valence-electron chi connectivity index (χ2n) is 6.00. The Morgan fingerprint density at radius 1 is 1.23 bits per heavy atom. The van der Waals surface area contributed by atoms with Gasteiger partial charge in [0.25, 0.3) is 0 Å². The van der Waals surface area contributed by atoms with Crippen molar-refractivity contribution in [3.05, 3.63) is 24.0 Å². The van der Waals surface area contributed by atoms with Gasteiger partial charge in [0, 0.05) is 38.8 Å². The molecule has 4 nitrogen and oxygen atoms in total. The smallest absolute Gasteiger partial charge is 0.186 e. The van der Waals surface area contributed by atoms with Crippen molar-refractivity contribution in [1.29, 1.82) is 0 Å². The Balaban J connectivity index is 1.49. The van der Waals surface area contributed by atoms with Crippen molar-refractivity contribution < 1.29 is 9.13 Å². The molecule has 0 spiro atoms. The van der Waals surface area contributed by atoms with Crippen molar-refractivity contribution in [2.24, 2.45) is 0 Å². The molecule has 2 saturated heterocycles. The summed E-state index contributed by atoms with van der Waals surface area (Å²) in [5, 5.41) is 1.02. The fourth-order valence-electron chi connectivity index (χ4n) is 3.33. The maximum Gasteiger partial charge on any atom is 0.186 e. The van der Waals surface area contributed by atoms with Crippen LogP contribution in [0.5, 0.6) is 0 Å². The van der Waals surface area contributed by atoms with E-state index in [2.05, 4.69) is 14.8 Å². The van der Waals surface area contributed by atoms with E-state index in [0.717, 1.165) is 67.6 Å². The van der Waals surface area contributed by atoms with Crippen LogP contribution in [0, 0.1) is 5.82 Å². The number of halogens is 1. The van der Waals surface area contributed by atoms with Crippen LogP contribution in [0.4, 0.5) is 9.52 Å². The van der Waals surface area contributed by atoms with Gasteiger partial charge in [0.15, 0.2) is 5.13 Å². The Morgan fingerprint density at radius 2 is 2.18 bits per heavy atom. The Hall–Kier alpha value is -1.24. The van der Waals surface area contributed by atoms with Crippen molar-refractivity contribution in [3.8, 4) is 0 Å². The molecule has 1 unspecified atom stereocenters. The van der Waals surface area contributed by atoms with Gasteiger partial charge in [0.1, 0.15) is 5.82 Å². The van der Waals surface area contributed by atoms with Gasteiger partial charge in [-0.1, -0.05) is 11.3 Å². The van der Waals surface area contributed by atoms with Crippen LogP contribution in [0.1, 0.15) is 12.8 Å². The third-order valence-corrected chi connectivity index (χ3v) is 5.64. The lowest BCUT2D eigenvalue weighted by Crippen LogP contribution is -2.38. The van der Waals surface area contributed by atoms with Gasteiger partial charge in [-0.25, -0.2) is 9.37 Å². The summed E-state index contributed by atoms with van der Waals surface area (Å²) in [4.78, 5) is 9.58. The predicted octanol–water partition coefficient (Wildman–Crippen LogP) is 2.74. The van der Waals surface area contributed by atoms with Crippen molar-refractivity contribution >= 4 is 26.7 Å².